The normalized spacial score (nSPS) is 10.6. The summed E-state index contributed by atoms with van der Waals surface area (Å²) >= 11 is 5.84. The third kappa shape index (κ3) is 2.88. The Bertz CT molecular complexity index is 813. The highest BCUT2D eigenvalue weighted by Crippen LogP contribution is 2.27. The number of aldehydes is 1. The molecule has 104 valence electrons. The van der Waals surface area contributed by atoms with Crippen molar-refractivity contribution >= 4 is 28.8 Å². The van der Waals surface area contributed by atoms with Crippen LogP contribution in [0.15, 0.2) is 48.5 Å². The molecule has 1 heterocycles. The van der Waals surface area contributed by atoms with E-state index in [2.05, 4.69) is 4.98 Å². The molecule has 0 aliphatic carbocycles. The number of pyridine rings is 1. The van der Waals surface area contributed by atoms with Gasteiger partial charge in [-0.15, -0.1) is 0 Å². The Labute approximate surface area is 127 Å². The fourth-order valence-electron chi connectivity index (χ4n) is 2.06. The molecule has 0 aliphatic rings. The quantitative estimate of drug-likeness (QED) is 0.652. The molecule has 0 spiro atoms. The van der Waals surface area contributed by atoms with Crippen LogP contribution in [0.2, 0.25) is 5.02 Å². The minimum atomic E-state index is 0.297. The lowest BCUT2D eigenvalue weighted by Gasteiger charge is -2.09. The van der Waals surface area contributed by atoms with Gasteiger partial charge in [0.1, 0.15) is 5.75 Å². The zero-order chi connectivity index (χ0) is 14.8. The third-order valence-corrected chi connectivity index (χ3v) is 3.37. The lowest BCUT2D eigenvalue weighted by Crippen LogP contribution is -1.95. The molecule has 21 heavy (non-hydrogen) atoms. The predicted molar refractivity (Wildman–Crippen MR) is 83.4 cm³/mol. The average Bonchev–Trinajstić information content (AvgIpc) is 2.49. The summed E-state index contributed by atoms with van der Waals surface area (Å²) in [5, 5.41) is 1.53. The minimum Gasteiger partial charge on any atom is -0.438 e. The van der Waals surface area contributed by atoms with E-state index in [1.54, 1.807) is 30.3 Å². The van der Waals surface area contributed by atoms with Crippen LogP contribution in [0.3, 0.4) is 0 Å². The van der Waals surface area contributed by atoms with Crippen LogP contribution in [0.25, 0.3) is 10.9 Å². The van der Waals surface area contributed by atoms with Crippen LogP contribution >= 0.6 is 11.6 Å². The zero-order valence-corrected chi connectivity index (χ0v) is 12.1. The molecule has 0 atom stereocenters. The maximum absolute atomic E-state index is 11.2. The van der Waals surface area contributed by atoms with Gasteiger partial charge in [0.05, 0.1) is 11.1 Å². The fraction of sp³-hybridized carbons (Fsp3) is 0.0588. The first-order valence-corrected chi connectivity index (χ1v) is 6.83. The van der Waals surface area contributed by atoms with E-state index < -0.39 is 0 Å². The van der Waals surface area contributed by atoms with E-state index in [1.807, 2.05) is 25.1 Å². The summed E-state index contributed by atoms with van der Waals surface area (Å²) in [5.74, 6) is 0.882. The molecular weight excluding hydrogens is 286 g/mol. The molecule has 0 saturated heterocycles. The lowest BCUT2D eigenvalue weighted by atomic mass is 10.1. The molecule has 0 bridgehead atoms. The Hall–Kier alpha value is -2.39. The summed E-state index contributed by atoms with van der Waals surface area (Å²) in [5.41, 5.74) is 2.32. The molecule has 0 N–H and O–H groups in total. The maximum atomic E-state index is 11.2. The number of nitrogens with zero attached hydrogens (tertiary/aromatic N) is 1. The second-order valence-corrected chi connectivity index (χ2v) is 5.19. The fourth-order valence-corrected chi connectivity index (χ4v) is 2.18. The highest BCUT2D eigenvalue weighted by Gasteiger charge is 2.09. The molecule has 2 aromatic carbocycles. The maximum Gasteiger partial charge on any atom is 0.230 e. The van der Waals surface area contributed by atoms with Crippen molar-refractivity contribution in [2.45, 2.75) is 6.92 Å². The summed E-state index contributed by atoms with van der Waals surface area (Å²) in [6.45, 7) is 1.99. The first kappa shape index (κ1) is 13.6. The Morgan fingerprint density at radius 3 is 2.57 bits per heavy atom. The number of carbonyl (C=O) groups is 1. The number of aromatic nitrogens is 1. The molecule has 4 heteroatoms. The van der Waals surface area contributed by atoms with E-state index in [0.717, 1.165) is 22.8 Å². The van der Waals surface area contributed by atoms with Gasteiger partial charge in [0, 0.05) is 10.4 Å². The second kappa shape index (κ2) is 5.54. The topological polar surface area (TPSA) is 39.2 Å². The molecule has 0 aliphatic heterocycles. The Morgan fingerprint density at radius 2 is 1.86 bits per heavy atom. The van der Waals surface area contributed by atoms with Crippen molar-refractivity contribution < 1.29 is 9.53 Å². The summed E-state index contributed by atoms with van der Waals surface area (Å²) in [7, 11) is 0. The molecule has 0 radical (unpaired) electrons. The Morgan fingerprint density at radius 1 is 1.10 bits per heavy atom. The van der Waals surface area contributed by atoms with Crippen molar-refractivity contribution in [3.63, 3.8) is 0 Å². The molecule has 3 rings (SSSR count). The first-order chi connectivity index (χ1) is 10.2. The first-order valence-electron chi connectivity index (χ1n) is 6.46. The van der Waals surface area contributed by atoms with Crippen molar-refractivity contribution in [2.24, 2.45) is 0 Å². The number of aryl methyl sites for hydroxylation is 1. The SMILES string of the molecule is Cc1ccc2cc(C=O)c(Oc3ccc(Cl)cc3)nc2c1. The van der Waals surface area contributed by atoms with Crippen LogP contribution in [0, 0.1) is 6.92 Å². The standard InChI is InChI=1S/C17H12ClNO2/c1-11-2-3-12-9-13(10-20)17(19-16(12)8-11)21-15-6-4-14(18)5-7-15/h2-10H,1H3. The van der Waals surface area contributed by atoms with Gasteiger partial charge in [-0.3, -0.25) is 4.79 Å². The molecule has 0 fully saturated rings. The Kier molecular flexibility index (Phi) is 3.59. The van der Waals surface area contributed by atoms with Crippen LogP contribution < -0.4 is 4.74 Å². The van der Waals surface area contributed by atoms with E-state index in [0.29, 0.717) is 22.2 Å². The van der Waals surface area contributed by atoms with Gasteiger partial charge in [-0.05, 0) is 48.9 Å². The van der Waals surface area contributed by atoms with Gasteiger partial charge >= 0.3 is 0 Å². The number of hydrogen-bond donors (Lipinski definition) is 0. The number of carbonyl (C=O) groups excluding carboxylic acids is 1. The average molecular weight is 298 g/mol. The smallest absolute Gasteiger partial charge is 0.230 e. The highest BCUT2D eigenvalue weighted by molar-refractivity contribution is 6.30. The lowest BCUT2D eigenvalue weighted by molar-refractivity contribution is 0.112. The molecule has 0 amide bonds. The van der Waals surface area contributed by atoms with Crippen LogP contribution in [-0.2, 0) is 0 Å². The van der Waals surface area contributed by atoms with Crippen molar-refractivity contribution in [2.75, 3.05) is 0 Å². The van der Waals surface area contributed by atoms with Crippen molar-refractivity contribution in [1.29, 1.82) is 0 Å². The highest BCUT2D eigenvalue weighted by atomic mass is 35.5. The van der Waals surface area contributed by atoms with Gasteiger partial charge < -0.3 is 4.74 Å². The molecule has 3 aromatic rings. The summed E-state index contributed by atoms with van der Waals surface area (Å²) < 4.78 is 5.70. The molecule has 3 nitrogen and oxygen atoms in total. The van der Waals surface area contributed by atoms with Gasteiger partial charge in [0.15, 0.2) is 6.29 Å². The number of hydrogen-bond acceptors (Lipinski definition) is 3. The second-order valence-electron chi connectivity index (χ2n) is 4.75. The number of benzene rings is 2. The van der Waals surface area contributed by atoms with Crippen LogP contribution in [0.5, 0.6) is 11.6 Å². The third-order valence-electron chi connectivity index (χ3n) is 3.12. The van der Waals surface area contributed by atoms with Gasteiger partial charge in [0.2, 0.25) is 5.88 Å². The summed E-state index contributed by atoms with van der Waals surface area (Å²) in [4.78, 5) is 15.7. The van der Waals surface area contributed by atoms with Crippen LogP contribution in [-0.4, -0.2) is 11.3 Å². The molecule has 1 aromatic heterocycles. The van der Waals surface area contributed by atoms with Gasteiger partial charge in [-0.2, -0.15) is 0 Å². The van der Waals surface area contributed by atoms with Crippen LogP contribution in [0.4, 0.5) is 0 Å². The summed E-state index contributed by atoms with van der Waals surface area (Å²) in [6.07, 6.45) is 0.748. The molecule has 0 saturated carbocycles. The minimum absolute atomic E-state index is 0.297. The van der Waals surface area contributed by atoms with Crippen molar-refractivity contribution in [3.8, 4) is 11.6 Å². The number of fused-ring (bicyclic) bond motifs is 1. The van der Waals surface area contributed by atoms with Crippen molar-refractivity contribution in [1.82, 2.24) is 4.98 Å². The molecule has 0 unspecified atom stereocenters. The number of rotatable bonds is 3. The van der Waals surface area contributed by atoms with E-state index in [-0.39, 0.29) is 0 Å². The van der Waals surface area contributed by atoms with Crippen LogP contribution in [0.1, 0.15) is 15.9 Å². The van der Waals surface area contributed by atoms with Gasteiger partial charge in [-0.1, -0.05) is 23.7 Å². The monoisotopic (exact) mass is 297 g/mol. The Balaban J connectivity index is 2.07. The van der Waals surface area contributed by atoms with Gasteiger partial charge in [0.25, 0.3) is 0 Å². The number of halogens is 1. The van der Waals surface area contributed by atoms with Gasteiger partial charge in [-0.25, -0.2) is 4.98 Å². The number of ether oxygens (including phenoxy) is 1. The largest absolute Gasteiger partial charge is 0.438 e. The van der Waals surface area contributed by atoms with E-state index in [4.69, 9.17) is 16.3 Å². The van der Waals surface area contributed by atoms with E-state index >= 15 is 0 Å². The van der Waals surface area contributed by atoms with Crippen molar-refractivity contribution in [3.05, 3.63) is 64.7 Å². The predicted octanol–water partition coefficient (Wildman–Crippen LogP) is 4.80. The zero-order valence-electron chi connectivity index (χ0n) is 11.3. The molecular formula is C17H12ClNO2. The van der Waals surface area contributed by atoms with E-state index in [9.17, 15) is 4.79 Å². The summed E-state index contributed by atoms with van der Waals surface area (Å²) in [6, 6.07) is 14.6. The van der Waals surface area contributed by atoms with E-state index in [1.165, 1.54) is 0 Å².